The normalized spacial score (nSPS) is 17.2. The summed E-state index contributed by atoms with van der Waals surface area (Å²) in [7, 11) is 0. The third-order valence-corrected chi connectivity index (χ3v) is 4.41. The van der Waals surface area contributed by atoms with E-state index in [1.807, 2.05) is 10.9 Å². The van der Waals surface area contributed by atoms with Crippen LogP contribution in [0.3, 0.4) is 0 Å². The smallest absolute Gasteiger partial charge is 0.138 e. The van der Waals surface area contributed by atoms with Gasteiger partial charge in [-0.3, -0.25) is 5.10 Å². The first kappa shape index (κ1) is 14.1. The molecular weight excluding hydrogens is 288 g/mol. The first-order valence-corrected chi connectivity index (χ1v) is 7.99. The Bertz CT molecular complexity index is 803. The highest BCUT2D eigenvalue weighted by molar-refractivity contribution is 5.63. The molecule has 0 bridgehead atoms. The number of benzene rings is 1. The van der Waals surface area contributed by atoms with Gasteiger partial charge in [0.1, 0.15) is 12.2 Å². The number of nitrogens with zero attached hydrogens (tertiary/aromatic N) is 4. The fourth-order valence-corrected chi connectivity index (χ4v) is 3.15. The number of fused-ring (bicyclic) bond motifs is 1. The van der Waals surface area contributed by atoms with Gasteiger partial charge in [-0.15, -0.1) is 0 Å². The summed E-state index contributed by atoms with van der Waals surface area (Å²) in [5.41, 5.74) is 4.72. The summed E-state index contributed by atoms with van der Waals surface area (Å²) in [6.07, 6.45) is 5.63. The van der Waals surface area contributed by atoms with Crippen molar-refractivity contribution in [1.29, 1.82) is 0 Å². The topological polar surface area (TPSA) is 71.4 Å². The number of aromatic amines is 1. The van der Waals surface area contributed by atoms with Crippen molar-refractivity contribution in [2.75, 3.05) is 0 Å². The molecule has 1 atom stereocenters. The van der Waals surface area contributed by atoms with Crippen molar-refractivity contribution in [2.24, 2.45) is 0 Å². The van der Waals surface area contributed by atoms with Gasteiger partial charge < -0.3 is 5.32 Å². The van der Waals surface area contributed by atoms with E-state index in [0.717, 1.165) is 37.4 Å². The molecule has 2 N–H and O–H groups in total. The lowest BCUT2D eigenvalue weighted by atomic mass is 10.0. The molecule has 0 saturated carbocycles. The van der Waals surface area contributed by atoms with Crippen LogP contribution in [0.15, 0.2) is 36.8 Å². The Balaban J connectivity index is 1.46. The van der Waals surface area contributed by atoms with Crippen LogP contribution < -0.4 is 5.32 Å². The van der Waals surface area contributed by atoms with Gasteiger partial charge in [0.05, 0.1) is 18.4 Å². The second-order valence-electron chi connectivity index (χ2n) is 6.11. The van der Waals surface area contributed by atoms with E-state index in [4.69, 9.17) is 0 Å². The fraction of sp³-hybridized carbons (Fsp3) is 0.353. The molecule has 118 valence electrons. The van der Waals surface area contributed by atoms with Crippen LogP contribution in [-0.4, -0.2) is 31.0 Å². The van der Waals surface area contributed by atoms with Crippen LogP contribution in [0.2, 0.25) is 0 Å². The molecule has 0 unspecified atom stereocenters. The monoisotopic (exact) mass is 308 g/mol. The lowest BCUT2D eigenvalue weighted by Gasteiger charge is -2.23. The molecule has 3 aromatic rings. The summed E-state index contributed by atoms with van der Waals surface area (Å²) in [5.74, 6) is 1.09. The van der Waals surface area contributed by atoms with E-state index < -0.39 is 0 Å². The number of hydrogen-bond acceptors (Lipinski definition) is 4. The maximum atomic E-state index is 4.27. The van der Waals surface area contributed by atoms with Gasteiger partial charge >= 0.3 is 0 Å². The van der Waals surface area contributed by atoms with Crippen molar-refractivity contribution in [2.45, 2.75) is 38.9 Å². The van der Waals surface area contributed by atoms with Gasteiger partial charge in [-0.25, -0.2) is 9.67 Å². The summed E-state index contributed by atoms with van der Waals surface area (Å²) < 4.78 is 2.00. The van der Waals surface area contributed by atoms with Crippen molar-refractivity contribution >= 4 is 0 Å². The molecule has 1 aromatic carbocycles. The molecule has 1 aliphatic heterocycles. The Labute approximate surface area is 135 Å². The van der Waals surface area contributed by atoms with Crippen LogP contribution in [0.5, 0.6) is 0 Å². The zero-order chi connectivity index (χ0) is 15.6. The Hall–Kier alpha value is -2.47. The number of aromatic nitrogens is 5. The van der Waals surface area contributed by atoms with E-state index in [0.29, 0.717) is 6.04 Å². The number of aryl methyl sites for hydroxylation is 2. The number of hydrogen-bond donors (Lipinski definition) is 2. The molecule has 0 spiro atoms. The number of H-pyrrole nitrogens is 1. The zero-order valence-electron chi connectivity index (χ0n) is 13.2. The predicted molar refractivity (Wildman–Crippen MR) is 87.7 cm³/mol. The van der Waals surface area contributed by atoms with E-state index >= 15 is 0 Å². The highest BCUT2D eigenvalue weighted by Gasteiger charge is 2.19. The third kappa shape index (κ3) is 2.90. The average molecular weight is 308 g/mol. The highest BCUT2D eigenvalue weighted by atomic mass is 15.3. The van der Waals surface area contributed by atoms with Gasteiger partial charge in [-0.1, -0.05) is 23.8 Å². The highest BCUT2D eigenvalue weighted by Crippen LogP contribution is 2.22. The summed E-state index contributed by atoms with van der Waals surface area (Å²) >= 11 is 0. The van der Waals surface area contributed by atoms with E-state index in [9.17, 15) is 0 Å². The maximum Gasteiger partial charge on any atom is 0.138 e. The molecule has 1 aliphatic rings. The first-order valence-electron chi connectivity index (χ1n) is 7.99. The van der Waals surface area contributed by atoms with E-state index in [1.54, 1.807) is 6.33 Å². The van der Waals surface area contributed by atoms with E-state index in [1.165, 1.54) is 16.7 Å². The molecule has 0 saturated heterocycles. The third-order valence-electron chi connectivity index (χ3n) is 4.41. The molecule has 23 heavy (non-hydrogen) atoms. The minimum absolute atomic E-state index is 0.421. The second kappa shape index (κ2) is 5.96. The summed E-state index contributed by atoms with van der Waals surface area (Å²) in [4.78, 5) is 4.27. The van der Waals surface area contributed by atoms with Crippen molar-refractivity contribution in [3.8, 4) is 11.3 Å². The first-order chi connectivity index (χ1) is 11.3. The number of nitrogens with one attached hydrogen (secondary N) is 2. The van der Waals surface area contributed by atoms with E-state index in [-0.39, 0.29) is 0 Å². The molecule has 0 aliphatic carbocycles. The fourth-order valence-electron chi connectivity index (χ4n) is 3.15. The molecule has 0 radical (unpaired) electrons. The average Bonchev–Trinajstić information content (AvgIpc) is 3.21. The van der Waals surface area contributed by atoms with Crippen molar-refractivity contribution < 1.29 is 0 Å². The Morgan fingerprint density at radius 2 is 2.35 bits per heavy atom. The number of rotatable bonds is 4. The zero-order valence-corrected chi connectivity index (χ0v) is 13.2. The lowest BCUT2D eigenvalue weighted by Crippen LogP contribution is -2.37. The molecular formula is C17H20N6. The lowest BCUT2D eigenvalue weighted by molar-refractivity contribution is 0.358. The Morgan fingerprint density at radius 1 is 1.39 bits per heavy atom. The van der Waals surface area contributed by atoms with Gasteiger partial charge in [-0.05, 0) is 19.4 Å². The van der Waals surface area contributed by atoms with Crippen LogP contribution in [0, 0.1) is 6.92 Å². The second-order valence-corrected chi connectivity index (χ2v) is 6.11. The Morgan fingerprint density at radius 3 is 3.26 bits per heavy atom. The molecule has 6 heteroatoms. The van der Waals surface area contributed by atoms with Crippen LogP contribution in [0.4, 0.5) is 0 Å². The van der Waals surface area contributed by atoms with Gasteiger partial charge in [-0.2, -0.15) is 10.2 Å². The SMILES string of the molecule is Cc1cccc(-c2[nH]ncc2CN[C@@H]2CCc3ncnn3C2)c1. The van der Waals surface area contributed by atoms with Crippen molar-refractivity contribution in [3.63, 3.8) is 0 Å². The summed E-state index contributed by atoms with van der Waals surface area (Å²) in [6.45, 7) is 3.79. The molecule has 2 aromatic heterocycles. The van der Waals surface area contributed by atoms with Crippen LogP contribution >= 0.6 is 0 Å². The molecule has 0 fully saturated rings. The minimum atomic E-state index is 0.421. The van der Waals surface area contributed by atoms with Crippen molar-refractivity contribution in [1.82, 2.24) is 30.3 Å². The summed E-state index contributed by atoms with van der Waals surface area (Å²) in [5, 5.41) is 15.3. The summed E-state index contributed by atoms with van der Waals surface area (Å²) in [6, 6.07) is 8.90. The van der Waals surface area contributed by atoms with Gasteiger partial charge in [0.25, 0.3) is 0 Å². The molecule has 0 amide bonds. The largest absolute Gasteiger partial charge is 0.308 e. The van der Waals surface area contributed by atoms with Gasteiger partial charge in [0.15, 0.2) is 0 Å². The molecule has 6 nitrogen and oxygen atoms in total. The quantitative estimate of drug-likeness (QED) is 0.774. The van der Waals surface area contributed by atoms with E-state index in [2.05, 4.69) is 56.8 Å². The maximum absolute atomic E-state index is 4.27. The predicted octanol–water partition coefficient (Wildman–Crippen LogP) is 2.08. The van der Waals surface area contributed by atoms with Gasteiger partial charge in [0.2, 0.25) is 0 Å². The van der Waals surface area contributed by atoms with Crippen molar-refractivity contribution in [3.05, 3.63) is 53.7 Å². The molecule has 3 heterocycles. The van der Waals surface area contributed by atoms with Gasteiger partial charge in [0, 0.05) is 30.1 Å². The van der Waals surface area contributed by atoms with Crippen LogP contribution in [-0.2, 0) is 19.5 Å². The standard InChI is InChI=1S/C17H20N6/c1-12-3-2-4-13(7-12)17-14(9-20-22-17)8-18-15-5-6-16-19-11-21-23(16)10-15/h2-4,7,9,11,15,18H,5-6,8,10H2,1H3,(H,20,22)/t15-/m1/s1. The van der Waals surface area contributed by atoms with Crippen LogP contribution in [0.1, 0.15) is 23.4 Å². The minimum Gasteiger partial charge on any atom is -0.308 e. The van der Waals surface area contributed by atoms with Crippen LogP contribution in [0.25, 0.3) is 11.3 Å². The molecule has 4 rings (SSSR count). The Kier molecular flexibility index (Phi) is 3.67.